The average molecular weight is 325 g/mol. The maximum Gasteiger partial charge on any atom is 0.321 e. The molecular weight excluding hydrogens is 302 g/mol. The lowest BCUT2D eigenvalue weighted by molar-refractivity contribution is -0.150. The van der Waals surface area contributed by atoms with Crippen molar-refractivity contribution in [2.24, 2.45) is 0 Å². The van der Waals surface area contributed by atoms with Gasteiger partial charge in [0.1, 0.15) is 0 Å². The van der Waals surface area contributed by atoms with Gasteiger partial charge in [-0.1, -0.05) is 12.1 Å². The van der Waals surface area contributed by atoms with E-state index in [4.69, 9.17) is 4.84 Å². The first kappa shape index (κ1) is 15.4. The minimum absolute atomic E-state index is 0.273. The molecule has 0 atom stereocenters. The van der Waals surface area contributed by atoms with Gasteiger partial charge in [0, 0.05) is 54.4 Å². The zero-order chi connectivity index (χ0) is 16.5. The Bertz CT molecular complexity index is 748. The summed E-state index contributed by atoms with van der Waals surface area (Å²) >= 11 is 0. The van der Waals surface area contributed by atoms with Crippen LogP contribution in [0.3, 0.4) is 0 Å². The van der Waals surface area contributed by atoms with Crippen LogP contribution in [0.2, 0.25) is 0 Å². The smallest absolute Gasteiger partial charge is 0.321 e. The number of carbonyl (C=O) groups excluding carboxylic acids is 1. The van der Waals surface area contributed by atoms with Gasteiger partial charge in [0.15, 0.2) is 0 Å². The quantitative estimate of drug-likeness (QED) is 0.879. The second-order valence-electron chi connectivity index (χ2n) is 6.83. The third-order valence-corrected chi connectivity index (χ3v) is 5.28. The van der Waals surface area contributed by atoms with Crippen LogP contribution >= 0.6 is 0 Å². The standard InChI is InChI=1S/C19H23N3O2/c1-13(23)24-21-16-5-7-17(8-6-16)22-10-9-15-12-20-11-14-3-2-4-18(22)19(14)15/h2-4,11-12,16-17,21H,5-10H2,1H3. The lowest BCUT2D eigenvalue weighted by Crippen LogP contribution is -2.44. The Balaban J connectivity index is 1.51. The SMILES string of the molecule is CC(=O)ONC1CCC(N2CCc3cncc4cccc2c34)CC1. The highest BCUT2D eigenvalue weighted by atomic mass is 16.7. The van der Waals surface area contributed by atoms with E-state index in [2.05, 4.69) is 33.6 Å². The van der Waals surface area contributed by atoms with Gasteiger partial charge < -0.3 is 9.74 Å². The molecular formula is C19H23N3O2. The Kier molecular flexibility index (Phi) is 4.10. The van der Waals surface area contributed by atoms with Crippen LogP contribution in [0.25, 0.3) is 10.8 Å². The molecule has 4 rings (SSSR count). The minimum Gasteiger partial charge on any atom is -0.371 e. The van der Waals surface area contributed by atoms with E-state index in [0.29, 0.717) is 6.04 Å². The van der Waals surface area contributed by atoms with Crippen molar-refractivity contribution < 1.29 is 9.63 Å². The van der Waals surface area contributed by atoms with Gasteiger partial charge >= 0.3 is 5.97 Å². The summed E-state index contributed by atoms with van der Waals surface area (Å²) < 4.78 is 0. The highest BCUT2D eigenvalue weighted by Crippen LogP contribution is 2.37. The van der Waals surface area contributed by atoms with Crippen LogP contribution in [-0.4, -0.2) is 29.6 Å². The minimum atomic E-state index is -0.273. The van der Waals surface area contributed by atoms with E-state index in [9.17, 15) is 4.79 Å². The average Bonchev–Trinajstić information content (AvgIpc) is 2.61. The molecule has 5 heteroatoms. The normalized spacial score (nSPS) is 23.3. The van der Waals surface area contributed by atoms with Gasteiger partial charge in [-0.05, 0) is 43.7 Å². The number of carbonyl (C=O) groups is 1. The number of hydrogen-bond donors (Lipinski definition) is 1. The molecule has 1 N–H and O–H groups in total. The Labute approximate surface area is 142 Å². The molecule has 0 radical (unpaired) electrons. The predicted molar refractivity (Wildman–Crippen MR) is 93.7 cm³/mol. The Morgan fingerprint density at radius 1 is 1.25 bits per heavy atom. The number of benzene rings is 1. The van der Waals surface area contributed by atoms with Crippen molar-refractivity contribution in [1.29, 1.82) is 0 Å². The molecule has 0 amide bonds. The summed E-state index contributed by atoms with van der Waals surface area (Å²) in [6, 6.07) is 7.37. The molecule has 1 aliphatic carbocycles. The Morgan fingerprint density at radius 3 is 2.88 bits per heavy atom. The number of anilines is 1. The number of rotatable bonds is 3. The highest BCUT2D eigenvalue weighted by molar-refractivity contribution is 5.97. The fourth-order valence-corrected chi connectivity index (χ4v) is 4.13. The molecule has 1 fully saturated rings. The lowest BCUT2D eigenvalue weighted by atomic mass is 9.88. The fraction of sp³-hybridized carbons (Fsp3) is 0.474. The first-order chi connectivity index (χ1) is 11.7. The Hall–Kier alpha value is -2.14. The van der Waals surface area contributed by atoms with Gasteiger partial charge in [-0.2, -0.15) is 5.48 Å². The van der Waals surface area contributed by atoms with Crippen molar-refractivity contribution in [3.63, 3.8) is 0 Å². The van der Waals surface area contributed by atoms with E-state index < -0.39 is 0 Å². The van der Waals surface area contributed by atoms with E-state index in [1.165, 1.54) is 28.9 Å². The fourth-order valence-electron chi connectivity index (χ4n) is 4.13. The van der Waals surface area contributed by atoms with Gasteiger partial charge in [-0.25, -0.2) is 0 Å². The molecule has 2 heterocycles. The molecule has 2 aliphatic rings. The summed E-state index contributed by atoms with van der Waals surface area (Å²) in [5, 5.41) is 2.61. The van der Waals surface area contributed by atoms with E-state index in [1.807, 2.05) is 12.4 Å². The van der Waals surface area contributed by atoms with Crippen LogP contribution < -0.4 is 10.4 Å². The van der Waals surface area contributed by atoms with Gasteiger partial charge in [0.05, 0.1) is 0 Å². The molecule has 1 saturated carbocycles. The van der Waals surface area contributed by atoms with Gasteiger partial charge in [-0.15, -0.1) is 0 Å². The zero-order valence-corrected chi connectivity index (χ0v) is 14.0. The summed E-state index contributed by atoms with van der Waals surface area (Å²) in [6.45, 7) is 2.49. The molecule has 1 aromatic heterocycles. The van der Waals surface area contributed by atoms with Crippen LogP contribution in [-0.2, 0) is 16.1 Å². The van der Waals surface area contributed by atoms with Crippen molar-refractivity contribution in [2.45, 2.75) is 51.1 Å². The maximum atomic E-state index is 10.9. The third kappa shape index (κ3) is 2.84. The number of nitrogens with one attached hydrogen (secondary N) is 1. The van der Waals surface area contributed by atoms with E-state index in [-0.39, 0.29) is 12.0 Å². The monoisotopic (exact) mass is 325 g/mol. The van der Waals surface area contributed by atoms with E-state index >= 15 is 0 Å². The molecule has 5 nitrogen and oxygen atoms in total. The topological polar surface area (TPSA) is 54.5 Å². The molecule has 0 unspecified atom stereocenters. The zero-order valence-electron chi connectivity index (χ0n) is 14.0. The molecule has 24 heavy (non-hydrogen) atoms. The van der Waals surface area contributed by atoms with Crippen molar-refractivity contribution in [2.75, 3.05) is 11.4 Å². The number of hydroxylamine groups is 1. The number of pyridine rings is 1. The first-order valence-corrected chi connectivity index (χ1v) is 8.77. The second-order valence-corrected chi connectivity index (χ2v) is 6.83. The molecule has 0 spiro atoms. The summed E-state index contributed by atoms with van der Waals surface area (Å²) in [5.41, 5.74) is 5.62. The third-order valence-electron chi connectivity index (χ3n) is 5.28. The van der Waals surface area contributed by atoms with Crippen LogP contribution in [0.4, 0.5) is 5.69 Å². The number of nitrogens with zero attached hydrogens (tertiary/aromatic N) is 2. The van der Waals surface area contributed by atoms with Crippen molar-refractivity contribution >= 4 is 22.4 Å². The van der Waals surface area contributed by atoms with Gasteiger partial charge in [0.2, 0.25) is 0 Å². The summed E-state index contributed by atoms with van der Waals surface area (Å²) in [6.07, 6.45) is 9.36. The molecule has 126 valence electrons. The van der Waals surface area contributed by atoms with Crippen LogP contribution in [0.5, 0.6) is 0 Å². The van der Waals surface area contributed by atoms with Crippen molar-refractivity contribution in [3.8, 4) is 0 Å². The lowest BCUT2D eigenvalue weighted by Gasteiger charge is -2.41. The molecule has 1 aliphatic heterocycles. The summed E-state index contributed by atoms with van der Waals surface area (Å²) in [5.74, 6) is -0.273. The maximum absolute atomic E-state index is 10.9. The number of aromatic nitrogens is 1. The first-order valence-electron chi connectivity index (χ1n) is 8.77. The predicted octanol–water partition coefficient (Wildman–Crippen LogP) is 2.98. The molecule has 2 aromatic rings. The highest BCUT2D eigenvalue weighted by Gasteiger charge is 2.29. The van der Waals surface area contributed by atoms with Crippen LogP contribution in [0.15, 0.2) is 30.6 Å². The summed E-state index contributed by atoms with van der Waals surface area (Å²) in [7, 11) is 0. The largest absolute Gasteiger partial charge is 0.371 e. The second kappa shape index (κ2) is 6.40. The molecule has 0 bridgehead atoms. The van der Waals surface area contributed by atoms with Crippen LogP contribution in [0.1, 0.15) is 38.2 Å². The van der Waals surface area contributed by atoms with Gasteiger partial charge in [0.25, 0.3) is 0 Å². The molecule has 0 saturated heterocycles. The molecule has 1 aromatic carbocycles. The van der Waals surface area contributed by atoms with E-state index in [0.717, 1.165) is 38.6 Å². The number of hydrogen-bond acceptors (Lipinski definition) is 5. The Morgan fingerprint density at radius 2 is 2.08 bits per heavy atom. The summed E-state index contributed by atoms with van der Waals surface area (Å²) in [4.78, 5) is 22.8. The van der Waals surface area contributed by atoms with Gasteiger partial charge in [-0.3, -0.25) is 9.78 Å². The van der Waals surface area contributed by atoms with Crippen LogP contribution in [0, 0.1) is 0 Å². The van der Waals surface area contributed by atoms with Crippen molar-refractivity contribution in [1.82, 2.24) is 10.5 Å². The van der Waals surface area contributed by atoms with E-state index in [1.54, 1.807) is 0 Å². The van der Waals surface area contributed by atoms with Crippen molar-refractivity contribution in [3.05, 3.63) is 36.2 Å².